The number of aliphatic hydroxyl groups excluding tert-OH is 1. The summed E-state index contributed by atoms with van der Waals surface area (Å²) in [5, 5.41) is 9.09. The van der Waals surface area contributed by atoms with E-state index in [0.717, 1.165) is 37.7 Å². The molecule has 6 aliphatic rings. The number of benzene rings is 2. The van der Waals surface area contributed by atoms with Crippen molar-refractivity contribution in [2.24, 2.45) is 5.92 Å². The van der Waals surface area contributed by atoms with Crippen LogP contribution in [-0.4, -0.2) is 58.8 Å². The van der Waals surface area contributed by atoms with Crippen molar-refractivity contribution in [2.45, 2.75) is 62.8 Å². The highest BCUT2D eigenvalue weighted by Crippen LogP contribution is 2.65. The van der Waals surface area contributed by atoms with Crippen LogP contribution in [0.15, 0.2) is 54.1 Å². The molecule has 1 saturated heterocycles. The maximum atomic E-state index is 9.09. The van der Waals surface area contributed by atoms with Crippen LogP contribution in [0.25, 0.3) is 5.57 Å². The zero-order chi connectivity index (χ0) is 22.2. The minimum absolute atomic E-state index is 0.224. The third kappa shape index (κ3) is 3.07. The molecule has 0 unspecified atom stereocenters. The Hall–Kier alpha value is -2.14. The molecule has 172 valence electrons. The standard InChI is InChI=1S/C29H34N2O2/c1-19-12-26-25-5-3-2-4-22(25)13-27(26)28(31(19)29-14-20(15-29)16-29)21-6-8-23(9-7-21)33-24-17-30(18-24)10-11-32/h2-9,19-20,24,28,32H,10-18H2,1H3/t19-,20?,28-,29?/m1/s1. The molecule has 2 atom stereocenters. The Kier molecular flexibility index (Phi) is 4.56. The summed E-state index contributed by atoms with van der Waals surface area (Å²) in [5.74, 6) is 1.95. The van der Waals surface area contributed by atoms with E-state index in [9.17, 15) is 0 Å². The topological polar surface area (TPSA) is 35.9 Å². The van der Waals surface area contributed by atoms with E-state index in [1.807, 2.05) is 0 Å². The summed E-state index contributed by atoms with van der Waals surface area (Å²) >= 11 is 0. The van der Waals surface area contributed by atoms with Gasteiger partial charge in [0.15, 0.2) is 0 Å². The summed E-state index contributed by atoms with van der Waals surface area (Å²) in [6.45, 7) is 5.26. The van der Waals surface area contributed by atoms with Gasteiger partial charge in [0.05, 0.1) is 12.6 Å². The minimum atomic E-state index is 0.224. The Labute approximate surface area is 196 Å². The second-order valence-corrected chi connectivity index (χ2v) is 11.2. The van der Waals surface area contributed by atoms with Crippen molar-refractivity contribution in [3.8, 4) is 5.75 Å². The minimum Gasteiger partial charge on any atom is -0.488 e. The van der Waals surface area contributed by atoms with Crippen LogP contribution in [0.4, 0.5) is 0 Å². The molecule has 1 N–H and O–H groups in total. The lowest BCUT2D eigenvalue weighted by atomic mass is 9.48. The highest BCUT2D eigenvalue weighted by Gasteiger charge is 2.63. The fraction of sp³-hybridized carbons (Fsp3) is 0.517. The molecule has 2 bridgehead atoms. The third-order valence-corrected chi connectivity index (χ3v) is 9.09. The van der Waals surface area contributed by atoms with E-state index < -0.39 is 0 Å². The number of aliphatic hydroxyl groups is 1. The highest BCUT2D eigenvalue weighted by atomic mass is 16.5. The van der Waals surface area contributed by atoms with E-state index in [4.69, 9.17) is 9.84 Å². The van der Waals surface area contributed by atoms with Gasteiger partial charge in [-0.15, -0.1) is 0 Å². The number of β-amino-alcohol motifs (C(OH)–C–C–N with tert-alkyl or cyclic N) is 1. The van der Waals surface area contributed by atoms with E-state index in [0.29, 0.717) is 17.6 Å². The molecule has 0 spiro atoms. The summed E-state index contributed by atoms with van der Waals surface area (Å²) < 4.78 is 6.21. The molecule has 8 rings (SSSR count). The average molecular weight is 443 g/mol. The fourth-order valence-corrected chi connectivity index (χ4v) is 7.47. The van der Waals surface area contributed by atoms with E-state index in [1.54, 1.807) is 11.1 Å². The molecule has 2 aliphatic heterocycles. The number of hydrogen-bond acceptors (Lipinski definition) is 4. The van der Waals surface area contributed by atoms with Gasteiger partial charge in [-0.25, -0.2) is 0 Å². The predicted octanol–water partition coefficient (Wildman–Crippen LogP) is 4.44. The Morgan fingerprint density at radius 3 is 2.48 bits per heavy atom. The molecule has 2 aromatic rings. The van der Waals surface area contributed by atoms with E-state index >= 15 is 0 Å². The quantitative estimate of drug-likeness (QED) is 0.718. The number of likely N-dealkylation sites (tertiary alicyclic amines) is 1. The van der Waals surface area contributed by atoms with Gasteiger partial charge < -0.3 is 9.84 Å². The molecule has 0 aromatic heterocycles. The number of rotatable bonds is 6. The second-order valence-electron chi connectivity index (χ2n) is 11.2. The summed E-state index contributed by atoms with van der Waals surface area (Å²) in [6, 6.07) is 19.1. The van der Waals surface area contributed by atoms with Crippen LogP contribution >= 0.6 is 0 Å². The van der Waals surface area contributed by atoms with Crippen LogP contribution in [0.2, 0.25) is 0 Å². The van der Waals surface area contributed by atoms with Crippen LogP contribution in [0.3, 0.4) is 0 Å². The molecule has 2 aromatic carbocycles. The van der Waals surface area contributed by atoms with E-state index in [-0.39, 0.29) is 12.7 Å². The van der Waals surface area contributed by atoms with Crippen LogP contribution in [0.1, 0.15) is 55.3 Å². The van der Waals surface area contributed by atoms with Gasteiger partial charge in [0.1, 0.15) is 11.9 Å². The van der Waals surface area contributed by atoms with Gasteiger partial charge in [-0.3, -0.25) is 9.80 Å². The lowest BCUT2D eigenvalue weighted by Gasteiger charge is -2.70. The lowest BCUT2D eigenvalue weighted by molar-refractivity contribution is -0.173. The Morgan fingerprint density at radius 1 is 1.03 bits per heavy atom. The molecule has 0 radical (unpaired) electrons. The van der Waals surface area contributed by atoms with Crippen LogP contribution in [0, 0.1) is 5.92 Å². The van der Waals surface area contributed by atoms with Crippen molar-refractivity contribution in [3.63, 3.8) is 0 Å². The number of nitrogens with zero attached hydrogens (tertiary/aromatic N) is 2. The van der Waals surface area contributed by atoms with Crippen molar-refractivity contribution < 1.29 is 9.84 Å². The summed E-state index contributed by atoms with van der Waals surface area (Å²) in [6.07, 6.45) is 6.72. The van der Waals surface area contributed by atoms with Crippen LogP contribution in [-0.2, 0) is 6.42 Å². The second kappa shape index (κ2) is 7.43. The molecule has 0 amide bonds. The number of hydrogen-bond donors (Lipinski definition) is 1. The zero-order valence-corrected chi connectivity index (χ0v) is 19.5. The molecule has 4 fully saturated rings. The van der Waals surface area contributed by atoms with Crippen LogP contribution < -0.4 is 4.74 Å². The number of ether oxygens (including phenoxy) is 1. The van der Waals surface area contributed by atoms with Gasteiger partial charge in [0.25, 0.3) is 0 Å². The third-order valence-electron chi connectivity index (χ3n) is 9.09. The molecular formula is C29H34N2O2. The van der Waals surface area contributed by atoms with Crippen molar-refractivity contribution in [3.05, 3.63) is 70.8 Å². The molecule has 4 aliphatic carbocycles. The highest BCUT2D eigenvalue weighted by molar-refractivity contribution is 5.79. The fourth-order valence-electron chi connectivity index (χ4n) is 7.47. The Bertz CT molecular complexity index is 1080. The maximum absolute atomic E-state index is 9.09. The van der Waals surface area contributed by atoms with Gasteiger partial charge in [0, 0.05) is 31.2 Å². The van der Waals surface area contributed by atoms with Crippen molar-refractivity contribution in [1.29, 1.82) is 0 Å². The van der Waals surface area contributed by atoms with Gasteiger partial charge in [-0.2, -0.15) is 0 Å². The SMILES string of the molecule is C[C@@H]1CC2=C(Cc3ccccc32)[C@@H](c2ccc(OC3CN(CCO)C3)cc2)N1C12CC(C1)C2. The number of fused-ring (bicyclic) bond motifs is 2. The van der Waals surface area contributed by atoms with Crippen LogP contribution in [0.5, 0.6) is 5.75 Å². The van der Waals surface area contributed by atoms with Crippen molar-refractivity contribution >= 4 is 5.57 Å². The Morgan fingerprint density at radius 2 is 1.79 bits per heavy atom. The summed E-state index contributed by atoms with van der Waals surface area (Å²) in [5.41, 5.74) is 8.14. The summed E-state index contributed by atoms with van der Waals surface area (Å²) in [7, 11) is 0. The zero-order valence-electron chi connectivity index (χ0n) is 19.5. The Balaban J connectivity index is 1.19. The normalized spacial score (nSPS) is 33.1. The van der Waals surface area contributed by atoms with Gasteiger partial charge in [-0.1, -0.05) is 36.4 Å². The monoisotopic (exact) mass is 442 g/mol. The average Bonchev–Trinajstić information content (AvgIpc) is 3.09. The van der Waals surface area contributed by atoms with Crippen molar-refractivity contribution in [1.82, 2.24) is 9.80 Å². The molecule has 3 saturated carbocycles. The first-order valence-electron chi connectivity index (χ1n) is 12.8. The van der Waals surface area contributed by atoms with E-state index in [1.165, 1.54) is 42.4 Å². The molecule has 4 nitrogen and oxygen atoms in total. The van der Waals surface area contributed by atoms with Gasteiger partial charge in [-0.05, 0) is 84.9 Å². The van der Waals surface area contributed by atoms with E-state index in [2.05, 4.69) is 65.3 Å². The smallest absolute Gasteiger partial charge is 0.124 e. The summed E-state index contributed by atoms with van der Waals surface area (Å²) in [4.78, 5) is 5.15. The first kappa shape index (κ1) is 20.3. The molecular weight excluding hydrogens is 408 g/mol. The van der Waals surface area contributed by atoms with Crippen molar-refractivity contribution in [2.75, 3.05) is 26.2 Å². The molecule has 33 heavy (non-hydrogen) atoms. The lowest BCUT2D eigenvalue weighted by Crippen LogP contribution is -2.71. The van der Waals surface area contributed by atoms with Gasteiger partial charge in [0.2, 0.25) is 0 Å². The first-order chi connectivity index (χ1) is 16.1. The largest absolute Gasteiger partial charge is 0.488 e. The predicted molar refractivity (Wildman–Crippen MR) is 130 cm³/mol. The molecule has 4 heteroatoms. The first-order valence-corrected chi connectivity index (χ1v) is 12.8. The molecule has 2 heterocycles. The maximum Gasteiger partial charge on any atom is 0.124 e. The van der Waals surface area contributed by atoms with Gasteiger partial charge >= 0.3 is 0 Å².